The number of benzene rings is 1. The molecule has 1 aromatic rings. The Balaban J connectivity index is 1.97. The third-order valence-corrected chi connectivity index (χ3v) is 3.66. The van der Waals surface area contributed by atoms with Crippen LogP contribution in [-0.4, -0.2) is 43.6 Å². The molecule has 1 amide bonds. The van der Waals surface area contributed by atoms with Crippen LogP contribution < -0.4 is 10.2 Å². The molecule has 0 aliphatic carbocycles. The summed E-state index contributed by atoms with van der Waals surface area (Å²) in [6.45, 7) is 0.0559. The zero-order chi connectivity index (χ0) is 14.7. The predicted molar refractivity (Wildman–Crippen MR) is 81.3 cm³/mol. The first kappa shape index (κ1) is 14.9. The van der Waals surface area contributed by atoms with Crippen LogP contribution in [0.25, 0.3) is 0 Å². The summed E-state index contributed by atoms with van der Waals surface area (Å²) in [6, 6.07) is 7.84. The summed E-state index contributed by atoms with van der Waals surface area (Å²) in [4.78, 5) is 13.0. The van der Waals surface area contributed by atoms with Crippen LogP contribution in [-0.2, 0) is 4.79 Å². The van der Waals surface area contributed by atoms with Gasteiger partial charge in [0.15, 0.2) is 6.61 Å². The van der Waals surface area contributed by atoms with Gasteiger partial charge in [-0.15, -0.1) is 0 Å². The average Bonchev–Trinajstić information content (AvgIpc) is 2.75. The van der Waals surface area contributed by atoms with Crippen LogP contribution in [0.3, 0.4) is 0 Å². The molecular weight excluding hydrogens is 322 g/mol. The lowest BCUT2D eigenvalue weighted by molar-refractivity contribution is -0.130. The third-order valence-electron chi connectivity index (χ3n) is 3.00. The van der Waals surface area contributed by atoms with Crippen LogP contribution in [0.4, 0.5) is 0 Å². The van der Waals surface area contributed by atoms with Crippen molar-refractivity contribution in [1.29, 1.82) is 0 Å². The quantitative estimate of drug-likeness (QED) is 0.909. The summed E-state index contributed by atoms with van der Waals surface area (Å²) in [5.74, 6) is 0.634. The minimum atomic E-state index is -0.0566. The third kappa shape index (κ3) is 3.52. The largest absolute Gasteiger partial charge is 0.484 e. The van der Waals surface area contributed by atoms with E-state index in [1.165, 1.54) is 4.90 Å². The van der Waals surface area contributed by atoms with Gasteiger partial charge < -0.3 is 14.6 Å². The molecule has 5 nitrogen and oxygen atoms in total. The number of nitrogens with zero attached hydrogens (tertiary/aromatic N) is 2. The molecule has 108 valence electrons. The number of amides is 1. The Kier molecular flexibility index (Phi) is 4.67. The van der Waals surface area contributed by atoms with Gasteiger partial charge in [-0.2, -0.15) is 0 Å². The molecule has 1 aliphatic rings. The Labute approximate surface area is 127 Å². The highest BCUT2D eigenvalue weighted by atomic mass is 79.9. The number of halogens is 1. The lowest BCUT2D eigenvalue weighted by Gasteiger charge is -2.16. The number of rotatable bonds is 4. The highest BCUT2D eigenvalue weighted by Crippen LogP contribution is 2.31. The second kappa shape index (κ2) is 6.28. The van der Waals surface area contributed by atoms with Gasteiger partial charge in [-0.1, -0.05) is 28.1 Å². The van der Waals surface area contributed by atoms with Crippen molar-refractivity contribution >= 4 is 21.8 Å². The number of likely N-dealkylation sites (N-methyl/N-ethyl adjacent to an activating group) is 1. The Morgan fingerprint density at radius 2 is 2.05 bits per heavy atom. The average molecular weight is 340 g/mol. The van der Waals surface area contributed by atoms with E-state index in [-0.39, 0.29) is 18.6 Å². The van der Waals surface area contributed by atoms with Crippen molar-refractivity contribution in [2.75, 3.05) is 27.7 Å². The predicted octanol–water partition coefficient (Wildman–Crippen LogP) is 1.88. The molecule has 0 fully saturated rings. The van der Waals surface area contributed by atoms with Crippen LogP contribution in [0.15, 0.2) is 34.9 Å². The van der Waals surface area contributed by atoms with Gasteiger partial charge in [0.25, 0.3) is 5.91 Å². The van der Waals surface area contributed by atoms with Gasteiger partial charge in [-0.05, 0) is 17.7 Å². The number of hydrogen-bond donors (Lipinski definition) is 1. The van der Waals surface area contributed by atoms with Crippen LogP contribution in [0.1, 0.15) is 11.6 Å². The van der Waals surface area contributed by atoms with Gasteiger partial charge in [0.05, 0.1) is 6.04 Å². The molecule has 1 unspecified atom stereocenters. The molecule has 0 bridgehead atoms. The van der Waals surface area contributed by atoms with E-state index in [1.807, 2.05) is 42.5 Å². The molecule has 1 N–H and O–H groups in total. The lowest BCUT2D eigenvalue weighted by atomic mass is 10.1. The van der Waals surface area contributed by atoms with E-state index < -0.39 is 0 Å². The number of carbonyl (C=O) groups is 1. The van der Waals surface area contributed by atoms with Crippen LogP contribution in [0.2, 0.25) is 0 Å². The summed E-state index contributed by atoms with van der Waals surface area (Å²) in [7, 11) is 5.37. The Morgan fingerprint density at radius 1 is 1.40 bits per heavy atom. The van der Waals surface area contributed by atoms with Gasteiger partial charge >= 0.3 is 0 Å². The normalized spacial score (nSPS) is 17.9. The Bertz CT molecular complexity index is 514. The first-order valence-electron chi connectivity index (χ1n) is 6.26. The van der Waals surface area contributed by atoms with E-state index >= 15 is 0 Å². The zero-order valence-electron chi connectivity index (χ0n) is 11.8. The first-order chi connectivity index (χ1) is 9.47. The van der Waals surface area contributed by atoms with Crippen molar-refractivity contribution in [1.82, 2.24) is 15.3 Å². The smallest absolute Gasteiger partial charge is 0.259 e. The molecular formula is C14H18BrN3O2. The Hall–Kier alpha value is -1.53. The fraction of sp³-hybridized carbons (Fsp3) is 0.357. The number of nitrogens with one attached hydrogen (secondary N) is 1. The van der Waals surface area contributed by atoms with Crippen molar-refractivity contribution < 1.29 is 9.53 Å². The Morgan fingerprint density at radius 3 is 2.55 bits per heavy atom. The maximum absolute atomic E-state index is 11.4. The van der Waals surface area contributed by atoms with E-state index in [0.717, 1.165) is 10.0 Å². The summed E-state index contributed by atoms with van der Waals surface area (Å²) >= 11 is 3.54. The van der Waals surface area contributed by atoms with Gasteiger partial charge in [0.1, 0.15) is 5.75 Å². The van der Waals surface area contributed by atoms with E-state index in [9.17, 15) is 4.79 Å². The van der Waals surface area contributed by atoms with Crippen molar-refractivity contribution in [3.05, 3.63) is 40.5 Å². The fourth-order valence-corrected chi connectivity index (χ4v) is 2.50. The molecule has 6 heteroatoms. The minimum absolute atomic E-state index is 0.0559. The zero-order valence-corrected chi connectivity index (χ0v) is 13.3. The molecule has 0 aromatic heterocycles. The molecule has 0 spiro atoms. The monoisotopic (exact) mass is 339 g/mol. The van der Waals surface area contributed by atoms with Gasteiger partial charge in [-0.25, -0.2) is 5.43 Å². The molecule has 20 heavy (non-hydrogen) atoms. The summed E-state index contributed by atoms with van der Waals surface area (Å²) in [5, 5.41) is 1.91. The molecule has 1 aromatic carbocycles. The van der Waals surface area contributed by atoms with E-state index in [1.54, 1.807) is 14.1 Å². The van der Waals surface area contributed by atoms with Gasteiger partial charge in [-0.3, -0.25) is 4.79 Å². The highest BCUT2D eigenvalue weighted by Gasteiger charge is 2.21. The van der Waals surface area contributed by atoms with Crippen LogP contribution in [0.5, 0.6) is 5.75 Å². The summed E-state index contributed by atoms with van der Waals surface area (Å²) < 4.78 is 6.53. The summed E-state index contributed by atoms with van der Waals surface area (Å²) in [6.07, 6.45) is 1.99. The SMILES string of the molecule is CN1C=C(Br)C(c2ccc(OCC(=O)N(C)C)cc2)N1. The molecule has 2 rings (SSSR count). The highest BCUT2D eigenvalue weighted by molar-refractivity contribution is 9.11. The number of ether oxygens (including phenoxy) is 1. The lowest BCUT2D eigenvalue weighted by Crippen LogP contribution is -2.27. The number of hydrogen-bond acceptors (Lipinski definition) is 4. The van der Waals surface area contributed by atoms with E-state index in [4.69, 9.17) is 4.74 Å². The standard InChI is InChI=1S/C14H18BrN3O2/c1-17(2)13(19)9-20-11-6-4-10(5-7-11)14-12(15)8-18(3)16-14/h4-8,14,16H,9H2,1-3H3. The van der Waals surface area contributed by atoms with Crippen molar-refractivity contribution in [2.24, 2.45) is 0 Å². The molecule has 1 atom stereocenters. The second-order valence-electron chi connectivity index (χ2n) is 4.83. The van der Waals surface area contributed by atoms with Crippen LogP contribution in [0, 0.1) is 0 Å². The van der Waals surface area contributed by atoms with E-state index in [0.29, 0.717) is 5.75 Å². The fourth-order valence-electron chi connectivity index (χ4n) is 1.83. The minimum Gasteiger partial charge on any atom is -0.484 e. The molecule has 1 heterocycles. The van der Waals surface area contributed by atoms with Crippen LogP contribution >= 0.6 is 15.9 Å². The van der Waals surface area contributed by atoms with Crippen molar-refractivity contribution in [3.63, 3.8) is 0 Å². The van der Waals surface area contributed by atoms with Gasteiger partial charge in [0, 0.05) is 31.8 Å². The number of hydrazine groups is 1. The van der Waals surface area contributed by atoms with Crippen molar-refractivity contribution in [3.8, 4) is 5.75 Å². The van der Waals surface area contributed by atoms with Gasteiger partial charge in [0.2, 0.25) is 0 Å². The maximum atomic E-state index is 11.4. The molecule has 1 aliphatic heterocycles. The summed E-state index contributed by atoms with van der Waals surface area (Å²) in [5.41, 5.74) is 4.43. The van der Waals surface area contributed by atoms with Crippen molar-refractivity contribution in [2.45, 2.75) is 6.04 Å². The number of carbonyl (C=O) groups excluding carboxylic acids is 1. The first-order valence-corrected chi connectivity index (χ1v) is 7.06. The molecule has 0 radical (unpaired) electrons. The van der Waals surface area contributed by atoms with E-state index in [2.05, 4.69) is 21.4 Å². The topological polar surface area (TPSA) is 44.8 Å². The maximum Gasteiger partial charge on any atom is 0.259 e. The molecule has 0 saturated heterocycles. The molecule has 0 saturated carbocycles. The second-order valence-corrected chi connectivity index (χ2v) is 5.75.